The number of rotatable bonds is 3. The Kier molecular flexibility index (Phi) is 3.66. The van der Waals surface area contributed by atoms with Crippen LogP contribution in [0, 0.1) is 0 Å². The molecular formula is C14H19N3O2. The van der Waals surface area contributed by atoms with Gasteiger partial charge in [-0.15, -0.1) is 0 Å². The van der Waals surface area contributed by atoms with E-state index in [2.05, 4.69) is 15.8 Å². The maximum atomic E-state index is 11.8. The molecule has 2 bridgehead atoms. The molecule has 0 saturated carbocycles. The third-order valence-corrected chi connectivity index (χ3v) is 3.81. The third kappa shape index (κ3) is 2.88. The van der Waals surface area contributed by atoms with Crippen molar-refractivity contribution in [2.45, 2.75) is 31.5 Å². The quantitative estimate of drug-likeness (QED) is 0.860. The van der Waals surface area contributed by atoms with Crippen LogP contribution in [0.5, 0.6) is 0 Å². The number of hydrogen-bond donors (Lipinski definition) is 2. The maximum Gasteiger partial charge on any atom is 0.422 e. The van der Waals surface area contributed by atoms with Gasteiger partial charge in [-0.25, -0.2) is 9.80 Å². The molecule has 2 atom stereocenters. The summed E-state index contributed by atoms with van der Waals surface area (Å²) in [6.45, 7) is 2.19. The van der Waals surface area contributed by atoms with Gasteiger partial charge in [-0.3, -0.25) is 5.43 Å². The first kappa shape index (κ1) is 12.4. The summed E-state index contributed by atoms with van der Waals surface area (Å²) in [5.41, 5.74) is 3.88. The molecule has 1 aromatic carbocycles. The first-order valence-corrected chi connectivity index (χ1v) is 6.79. The monoisotopic (exact) mass is 261 g/mol. The summed E-state index contributed by atoms with van der Waals surface area (Å²) in [4.78, 5) is 11.8. The molecule has 0 aromatic heterocycles. The van der Waals surface area contributed by atoms with Crippen molar-refractivity contribution in [2.24, 2.45) is 0 Å². The van der Waals surface area contributed by atoms with Gasteiger partial charge in [0.05, 0.1) is 0 Å². The van der Waals surface area contributed by atoms with Crippen molar-refractivity contribution in [1.82, 2.24) is 15.8 Å². The second-order valence-corrected chi connectivity index (χ2v) is 5.12. The molecule has 2 fully saturated rings. The Balaban J connectivity index is 1.49. The van der Waals surface area contributed by atoms with E-state index >= 15 is 0 Å². The van der Waals surface area contributed by atoms with Crippen molar-refractivity contribution in [3.8, 4) is 0 Å². The fourth-order valence-electron chi connectivity index (χ4n) is 2.82. The minimum Gasteiger partial charge on any atom is -0.444 e. The van der Waals surface area contributed by atoms with Crippen molar-refractivity contribution in [3.63, 3.8) is 0 Å². The summed E-state index contributed by atoms with van der Waals surface area (Å²) in [5.74, 6) is 0. The predicted molar refractivity (Wildman–Crippen MR) is 71.3 cm³/mol. The molecule has 102 valence electrons. The molecule has 5 nitrogen and oxygen atoms in total. The van der Waals surface area contributed by atoms with Gasteiger partial charge in [0.25, 0.3) is 0 Å². The Labute approximate surface area is 112 Å². The Morgan fingerprint density at radius 1 is 1.26 bits per heavy atom. The summed E-state index contributed by atoms with van der Waals surface area (Å²) < 4.78 is 5.24. The lowest BCUT2D eigenvalue weighted by Gasteiger charge is -2.34. The summed E-state index contributed by atoms with van der Waals surface area (Å²) in [5, 5.41) is 5.43. The van der Waals surface area contributed by atoms with E-state index in [1.165, 1.54) is 0 Å². The lowest BCUT2D eigenvalue weighted by molar-refractivity contribution is 0.0614. The fraction of sp³-hybridized carbons (Fsp3) is 0.500. The van der Waals surface area contributed by atoms with Crippen LogP contribution in [-0.2, 0) is 11.3 Å². The van der Waals surface area contributed by atoms with Crippen LogP contribution < -0.4 is 10.7 Å². The molecule has 1 aromatic rings. The molecule has 0 radical (unpaired) electrons. The number of benzene rings is 1. The SMILES string of the molecule is O=C(NN1C2CCC1CNC2)OCc1ccccc1. The van der Waals surface area contributed by atoms with E-state index in [-0.39, 0.29) is 6.09 Å². The molecule has 2 N–H and O–H groups in total. The van der Waals surface area contributed by atoms with E-state index in [0.29, 0.717) is 18.7 Å². The smallest absolute Gasteiger partial charge is 0.422 e. The molecule has 2 saturated heterocycles. The van der Waals surface area contributed by atoms with Crippen LogP contribution in [0.1, 0.15) is 18.4 Å². The highest BCUT2D eigenvalue weighted by Crippen LogP contribution is 2.24. The average molecular weight is 261 g/mol. The molecule has 2 aliphatic rings. The number of ether oxygens (including phenoxy) is 1. The van der Waals surface area contributed by atoms with Gasteiger partial charge in [-0.2, -0.15) is 0 Å². The van der Waals surface area contributed by atoms with Gasteiger partial charge >= 0.3 is 6.09 Å². The predicted octanol–water partition coefficient (Wildman–Crippen LogP) is 1.26. The number of nitrogens with one attached hydrogen (secondary N) is 2. The number of amides is 1. The number of carbonyl (C=O) groups excluding carboxylic acids is 1. The third-order valence-electron chi connectivity index (χ3n) is 3.81. The van der Waals surface area contributed by atoms with Crippen molar-refractivity contribution in [3.05, 3.63) is 35.9 Å². The van der Waals surface area contributed by atoms with Gasteiger partial charge in [0.2, 0.25) is 0 Å². The molecule has 3 rings (SSSR count). The minimum absolute atomic E-state index is 0.314. The zero-order valence-electron chi connectivity index (χ0n) is 10.8. The van der Waals surface area contributed by atoms with E-state index in [1.54, 1.807) is 0 Å². The topological polar surface area (TPSA) is 53.6 Å². The number of hydrogen-bond acceptors (Lipinski definition) is 4. The van der Waals surface area contributed by atoms with Crippen LogP contribution in [0.4, 0.5) is 4.79 Å². The Hall–Kier alpha value is -1.59. The Morgan fingerprint density at radius 2 is 1.95 bits per heavy atom. The van der Waals surface area contributed by atoms with Crippen molar-refractivity contribution in [2.75, 3.05) is 13.1 Å². The lowest BCUT2D eigenvalue weighted by Crippen LogP contribution is -2.58. The molecule has 0 spiro atoms. The van der Waals surface area contributed by atoms with Crippen LogP contribution in [-0.4, -0.2) is 36.3 Å². The molecular weight excluding hydrogens is 242 g/mol. The van der Waals surface area contributed by atoms with E-state index in [4.69, 9.17) is 4.74 Å². The lowest BCUT2D eigenvalue weighted by atomic mass is 10.2. The van der Waals surface area contributed by atoms with E-state index in [0.717, 1.165) is 31.5 Å². The van der Waals surface area contributed by atoms with Gasteiger partial charge in [0, 0.05) is 25.2 Å². The van der Waals surface area contributed by atoms with Gasteiger partial charge in [0.15, 0.2) is 0 Å². The van der Waals surface area contributed by atoms with Gasteiger partial charge in [-0.05, 0) is 18.4 Å². The average Bonchev–Trinajstić information content (AvgIpc) is 2.67. The van der Waals surface area contributed by atoms with E-state index in [1.807, 2.05) is 30.3 Å². The summed E-state index contributed by atoms with van der Waals surface area (Å²) in [6.07, 6.45) is 1.91. The number of hydrazine groups is 1. The maximum absolute atomic E-state index is 11.8. The van der Waals surface area contributed by atoms with Crippen LogP contribution in [0.25, 0.3) is 0 Å². The second-order valence-electron chi connectivity index (χ2n) is 5.12. The Bertz CT molecular complexity index is 422. The highest BCUT2D eigenvalue weighted by Gasteiger charge is 2.37. The van der Waals surface area contributed by atoms with E-state index in [9.17, 15) is 4.79 Å². The van der Waals surface area contributed by atoms with Gasteiger partial charge in [0.1, 0.15) is 6.61 Å². The largest absolute Gasteiger partial charge is 0.444 e. The Morgan fingerprint density at radius 3 is 2.63 bits per heavy atom. The van der Waals surface area contributed by atoms with Crippen LogP contribution in [0.3, 0.4) is 0 Å². The molecule has 19 heavy (non-hydrogen) atoms. The normalized spacial score (nSPS) is 26.1. The van der Waals surface area contributed by atoms with Gasteiger partial charge in [-0.1, -0.05) is 30.3 Å². The van der Waals surface area contributed by atoms with Gasteiger partial charge < -0.3 is 10.1 Å². The first-order chi connectivity index (χ1) is 9.33. The summed E-state index contributed by atoms with van der Waals surface area (Å²) in [6, 6.07) is 10.5. The molecule has 0 aliphatic carbocycles. The number of piperazine rings is 1. The van der Waals surface area contributed by atoms with Crippen LogP contribution in [0.2, 0.25) is 0 Å². The van der Waals surface area contributed by atoms with Crippen LogP contribution in [0.15, 0.2) is 30.3 Å². The van der Waals surface area contributed by atoms with Crippen molar-refractivity contribution >= 4 is 6.09 Å². The zero-order valence-corrected chi connectivity index (χ0v) is 10.8. The number of nitrogens with zero attached hydrogens (tertiary/aromatic N) is 1. The fourth-order valence-corrected chi connectivity index (χ4v) is 2.82. The summed E-state index contributed by atoms with van der Waals surface area (Å²) >= 11 is 0. The second kappa shape index (κ2) is 5.59. The van der Waals surface area contributed by atoms with Crippen molar-refractivity contribution < 1.29 is 9.53 Å². The molecule has 5 heteroatoms. The van der Waals surface area contributed by atoms with Crippen LogP contribution >= 0.6 is 0 Å². The highest BCUT2D eigenvalue weighted by atomic mass is 16.6. The molecule has 2 aliphatic heterocycles. The summed E-state index contributed by atoms with van der Waals surface area (Å²) in [7, 11) is 0. The molecule has 2 unspecified atom stereocenters. The first-order valence-electron chi connectivity index (χ1n) is 6.79. The molecule has 2 heterocycles. The highest BCUT2D eigenvalue weighted by molar-refractivity contribution is 5.66. The van der Waals surface area contributed by atoms with E-state index < -0.39 is 0 Å². The number of fused-ring (bicyclic) bond motifs is 2. The zero-order chi connectivity index (χ0) is 13.1. The standard InChI is InChI=1S/C14H19N3O2/c18-14(19-10-11-4-2-1-3-5-11)16-17-12-6-7-13(17)9-15-8-12/h1-5,12-13,15H,6-10H2,(H,16,18). The minimum atomic E-state index is -0.359. The molecule has 1 amide bonds. The number of carbonyl (C=O) groups is 1. The van der Waals surface area contributed by atoms with Crippen molar-refractivity contribution in [1.29, 1.82) is 0 Å².